The van der Waals surface area contributed by atoms with Gasteiger partial charge in [0.2, 0.25) is 0 Å². The van der Waals surface area contributed by atoms with Crippen LogP contribution in [0.2, 0.25) is 0 Å². The van der Waals surface area contributed by atoms with Crippen LogP contribution in [0.3, 0.4) is 0 Å². The van der Waals surface area contributed by atoms with E-state index in [-0.39, 0.29) is 6.61 Å². The van der Waals surface area contributed by atoms with Crippen LogP contribution in [-0.4, -0.2) is 64.8 Å². The molecule has 0 radical (unpaired) electrons. The zero-order chi connectivity index (χ0) is 15.4. The molecule has 21 heavy (non-hydrogen) atoms. The highest BCUT2D eigenvalue weighted by Gasteiger charge is 2.44. The highest BCUT2D eigenvalue weighted by atomic mass is 16.7. The Labute approximate surface area is 122 Å². The monoisotopic (exact) mass is 300 g/mol. The fourth-order valence-corrected chi connectivity index (χ4v) is 2.26. The molecule has 7 heteroatoms. The van der Waals surface area contributed by atoms with Gasteiger partial charge in [0, 0.05) is 5.56 Å². The predicted octanol–water partition coefficient (Wildman–Crippen LogP) is -0.988. The average Bonchev–Trinajstić information content (AvgIpc) is 2.51. The Bertz CT molecular complexity index is 453. The number of ether oxygens (including phenoxy) is 3. The maximum atomic E-state index is 9.96. The Morgan fingerprint density at radius 3 is 2.52 bits per heavy atom. The Balaban J connectivity index is 2.02. The Hall–Kier alpha value is -1.22. The van der Waals surface area contributed by atoms with Crippen LogP contribution < -0.4 is 4.74 Å². The first-order valence-electron chi connectivity index (χ1n) is 6.62. The number of aliphatic hydroxyl groups excluding tert-OH is 4. The van der Waals surface area contributed by atoms with Gasteiger partial charge in [-0.1, -0.05) is 18.2 Å². The Kier molecular flexibility index (Phi) is 5.51. The van der Waals surface area contributed by atoms with E-state index in [2.05, 4.69) is 0 Å². The minimum Gasteiger partial charge on any atom is -0.496 e. The van der Waals surface area contributed by atoms with Crippen molar-refractivity contribution in [3.05, 3.63) is 29.8 Å². The van der Waals surface area contributed by atoms with Crippen LogP contribution >= 0.6 is 0 Å². The summed E-state index contributed by atoms with van der Waals surface area (Å²) in [7, 11) is 1.53. The molecule has 5 atom stereocenters. The molecular weight excluding hydrogens is 280 g/mol. The highest BCUT2D eigenvalue weighted by molar-refractivity contribution is 5.32. The van der Waals surface area contributed by atoms with E-state index in [9.17, 15) is 15.3 Å². The zero-order valence-corrected chi connectivity index (χ0v) is 11.6. The number of methoxy groups -OCH3 is 1. The Morgan fingerprint density at radius 1 is 1.14 bits per heavy atom. The lowest BCUT2D eigenvalue weighted by molar-refractivity contribution is -0.298. The zero-order valence-electron chi connectivity index (χ0n) is 11.6. The molecule has 1 saturated heterocycles. The largest absolute Gasteiger partial charge is 0.496 e. The number of para-hydroxylation sites is 1. The maximum Gasteiger partial charge on any atom is 0.184 e. The van der Waals surface area contributed by atoms with E-state index in [1.54, 1.807) is 12.1 Å². The second kappa shape index (κ2) is 7.17. The maximum absolute atomic E-state index is 9.96. The van der Waals surface area contributed by atoms with Crippen molar-refractivity contribution < 1.29 is 34.6 Å². The third-order valence-electron chi connectivity index (χ3n) is 3.47. The van der Waals surface area contributed by atoms with Gasteiger partial charge >= 0.3 is 0 Å². The summed E-state index contributed by atoms with van der Waals surface area (Å²) in [5.41, 5.74) is 0.734. The summed E-state index contributed by atoms with van der Waals surface area (Å²) in [5, 5.41) is 38.5. The molecule has 5 unspecified atom stereocenters. The van der Waals surface area contributed by atoms with Crippen LogP contribution in [0.5, 0.6) is 5.75 Å². The van der Waals surface area contributed by atoms with Gasteiger partial charge < -0.3 is 34.6 Å². The molecule has 0 bridgehead atoms. The molecule has 0 aromatic heterocycles. The van der Waals surface area contributed by atoms with Crippen molar-refractivity contribution in [3.63, 3.8) is 0 Å². The molecule has 0 saturated carbocycles. The third kappa shape index (κ3) is 3.52. The highest BCUT2D eigenvalue weighted by Crippen LogP contribution is 2.25. The first kappa shape index (κ1) is 16.2. The number of benzene rings is 1. The predicted molar refractivity (Wildman–Crippen MR) is 71.6 cm³/mol. The number of rotatable bonds is 5. The molecule has 0 amide bonds. The molecule has 1 aromatic rings. The molecule has 0 spiro atoms. The van der Waals surface area contributed by atoms with Crippen LogP contribution in [0.25, 0.3) is 0 Å². The molecule has 1 aliphatic heterocycles. The fourth-order valence-electron chi connectivity index (χ4n) is 2.26. The molecular formula is C14H20O7. The first-order chi connectivity index (χ1) is 10.1. The summed E-state index contributed by atoms with van der Waals surface area (Å²) in [4.78, 5) is 0. The minimum absolute atomic E-state index is 0.0721. The summed E-state index contributed by atoms with van der Waals surface area (Å²) >= 11 is 0. The van der Waals surface area contributed by atoms with E-state index in [0.29, 0.717) is 5.75 Å². The second-order valence-electron chi connectivity index (χ2n) is 4.82. The topological polar surface area (TPSA) is 109 Å². The normalized spacial score (nSPS) is 32.9. The molecule has 2 rings (SSSR count). The summed E-state index contributed by atoms with van der Waals surface area (Å²) in [6.07, 6.45) is -6.29. The lowest BCUT2D eigenvalue weighted by atomic mass is 9.99. The van der Waals surface area contributed by atoms with Gasteiger partial charge in [0.1, 0.15) is 30.2 Å². The standard InChI is InChI=1S/C14H20O7/c1-19-9-5-3-2-4-8(9)7-20-13-12(17)11(16)10(6-15)21-14(13)18/h2-5,10-18H,6-7H2,1H3. The molecule has 118 valence electrons. The van der Waals surface area contributed by atoms with Crippen molar-refractivity contribution in [2.75, 3.05) is 13.7 Å². The average molecular weight is 300 g/mol. The smallest absolute Gasteiger partial charge is 0.184 e. The van der Waals surface area contributed by atoms with Crippen molar-refractivity contribution >= 4 is 0 Å². The van der Waals surface area contributed by atoms with Crippen molar-refractivity contribution in [2.45, 2.75) is 37.3 Å². The van der Waals surface area contributed by atoms with E-state index >= 15 is 0 Å². The quantitative estimate of drug-likeness (QED) is 0.553. The van der Waals surface area contributed by atoms with Gasteiger partial charge in [0.15, 0.2) is 6.29 Å². The molecule has 7 nitrogen and oxygen atoms in total. The number of hydrogen-bond donors (Lipinski definition) is 4. The van der Waals surface area contributed by atoms with Crippen LogP contribution in [-0.2, 0) is 16.1 Å². The summed E-state index contributed by atoms with van der Waals surface area (Å²) < 4.78 is 15.6. The third-order valence-corrected chi connectivity index (χ3v) is 3.47. The minimum atomic E-state index is -1.43. The van der Waals surface area contributed by atoms with Crippen LogP contribution in [0.4, 0.5) is 0 Å². The van der Waals surface area contributed by atoms with Gasteiger partial charge in [0.05, 0.1) is 20.3 Å². The van der Waals surface area contributed by atoms with E-state index < -0.39 is 37.3 Å². The Morgan fingerprint density at radius 2 is 1.86 bits per heavy atom. The summed E-state index contributed by atoms with van der Waals surface area (Å²) in [6.45, 7) is -0.433. The van der Waals surface area contributed by atoms with Crippen molar-refractivity contribution in [2.24, 2.45) is 0 Å². The fraction of sp³-hybridized carbons (Fsp3) is 0.571. The first-order valence-corrected chi connectivity index (χ1v) is 6.62. The molecule has 0 aliphatic carbocycles. The van der Waals surface area contributed by atoms with Gasteiger partial charge in [0.25, 0.3) is 0 Å². The van der Waals surface area contributed by atoms with Crippen molar-refractivity contribution in [1.82, 2.24) is 0 Å². The molecule has 1 aromatic carbocycles. The van der Waals surface area contributed by atoms with Gasteiger partial charge in [-0.25, -0.2) is 0 Å². The van der Waals surface area contributed by atoms with E-state index in [1.807, 2.05) is 12.1 Å². The van der Waals surface area contributed by atoms with Crippen LogP contribution in [0.1, 0.15) is 5.56 Å². The van der Waals surface area contributed by atoms with E-state index in [4.69, 9.17) is 19.3 Å². The van der Waals surface area contributed by atoms with Gasteiger partial charge in [-0.2, -0.15) is 0 Å². The number of hydrogen-bond acceptors (Lipinski definition) is 7. The van der Waals surface area contributed by atoms with Crippen LogP contribution in [0.15, 0.2) is 24.3 Å². The van der Waals surface area contributed by atoms with Crippen molar-refractivity contribution in [1.29, 1.82) is 0 Å². The van der Waals surface area contributed by atoms with E-state index in [1.165, 1.54) is 7.11 Å². The van der Waals surface area contributed by atoms with E-state index in [0.717, 1.165) is 5.56 Å². The molecule has 1 fully saturated rings. The molecule has 4 N–H and O–H groups in total. The number of aliphatic hydroxyl groups is 4. The van der Waals surface area contributed by atoms with Gasteiger partial charge in [-0.3, -0.25) is 0 Å². The van der Waals surface area contributed by atoms with Gasteiger partial charge in [-0.05, 0) is 6.07 Å². The SMILES string of the molecule is COc1ccccc1COC1C(O)OC(CO)C(O)C1O. The molecule has 1 heterocycles. The van der Waals surface area contributed by atoms with Gasteiger partial charge in [-0.15, -0.1) is 0 Å². The molecule has 1 aliphatic rings. The van der Waals surface area contributed by atoms with Crippen molar-refractivity contribution in [3.8, 4) is 5.75 Å². The lowest BCUT2D eigenvalue weighted by Crippen LogP contribution is -2.59. The summed E-state index contributed by atoms with van der Waals surface area (Å²) in [5.74, 6) is 0.618. The lowest BCUT2D eigenvalue weighted by Gasteiger charge is -2.39. The van der Waals surface area contributed by atoms with Crippen LogP contribution in [0, 0.1) is 0 Å². The second-order valence-corrected chi connectivity index (χ2v) is 4.82. The summed E-state index contributed by atoms with van der Waals surface area (Å²) in [6, 6.07) is 7.17.